The quantitative estimate of drug-likeness (QED) is 0.798. The molecule has 0 aliphatic heterocycles. The molecule has 0 radical (unpaired) electrons. The number of benzene rings is 2. The summed E-state index contributed by atoms with van der Waals surface area (Å²) >= 11 is 0. The predicted octanol–water partition coefficient (Wildman–Crippen LogP) is 1.87. The van der Waals surface area contributed by atoms with Gasteiger partial charge in [-0.3, -0.25) is 4.79 Å². The molecular formula is C20H20N2O3. The van der Waals surface area contributed by atoms with Crippen LogP contribution in [0.4, 0.5) is 0 Å². The van der Waals surface area contributed by atoms with Crippen molar-refractivity contribution in [3.63, 3.8) is 0 Å². The predicted molar refractivity (Wildman–Crippen MR) is 93.0 cm³/mol. The van der Waals surface area contributed by atoms with Gasteiger partial charge in [0.05, 0.1) is 23.8 Å². The molecule has 4 unspecified atom stereocenters. The van der Waals surface area contributed by atoms with Crippen molar-refractivity contribution in [3.8, 4) is 6.07 Å². The number of nitriles is 1. The van der Waals surface area contributed by atoms with Gasteiger partial charge in [0.2, 0.25) is 0 Å². The Morgan fingerprint density at radius 1 is 1.16 bits per heavy atom. The van der Waals surface area contributed by atoms with Crippen LogP contribution in [0.3, 0.4) is 0 Å². The minimum atomic E-state index is -1.02. The molecule has 2 aromatic rings. The number of aliphatic hydroxyl groups excluding tert-OH is 2. The average molecular weight is 336 g/mol. The minimum absolute atomic E-state index is 0.159. The summed E-state index contributed by atoms with van der Waals surface area (Å²) in [5, 5.41) is 32.1. The molecular weight excluding hydrogens is 316 g/mol. The van der Waals surface area contributed by atoms with Crippen molar-refractivity contribution in [1.82, 2.24) is 5.32 Å². The number of aryl methyl sites for hydroxylation is 1. The molecule has 0 aromatic heterocycles. The van der Waals surface area contributed by atoms with E-state index >= 15 is 0 Å². The van der Waals surface area contributed by atoms with Gasteiger partial charge in [-0.1, -0.05) is 24.3 Å². The van der Waals surface area contributed by atoms with Crippen LogP contribution in [-0.4, -0.2) is 34.4 Å². The van der Waals surface area contributed by atoms with Crippen LogP contribution in [0.1, 0.15) is 39.4 Å². The van der Waals surface area contributed by atoms with Crippen LogP contribution < -0.4 is 5.32 Å². The molecule has 5 heteroatoms. The molecule has 0 bridgehead atoms. The molecule has 5 nitrogen and oxygen atoms in total. The van der Waals surface area contributed by atoms with Crippen LogP contribution in [0.25, 0.3) is 0 Å². The van der Waals surface area contributed by atoms with E-state index in [0.29, 0.717) is 17.5 Å². The van der Waals surface area contributed by atoms with Crippen molar-refractivity contribution < 1.29 is 15.0 Å². The number of hydrogen-bond acceptors (Lipinski definition) is 4. The second-order valence-electron chi connectivity index (χ2n) is 6.45. The summed E-state index contributed by atoms with van der Waals surface area (Å²) < 4.78 is 0. The number of nitrogens with zero attached hydrogens (tertiary/aromatic N) is 1. The maximum absolute atomic E-state index is 12.5. The molecule has 0 saturated heterocycles. The van der Waals surface area contributed by atoms with E-state index in [-0.39, 0.29) is 11.8 Å². The number of hydrogen-bond donors (Lipinski definition) is 3. The van der Waals surface area contributed by atoms with E-state index in [1.807, 2.05) is 37.3 Å². The van der Waals surface area contributed by atoms with Crippen LogP contribution in [0.15, 0.2) is 48.5 Å². The first-order valence-electron chi connectivity index (χ1n) is 8.24. The van der Waals surface area contributed by atoms with E-state index in [2.05, 4.69) is 5.32 Å². The van der Waals surface area contributed by atoms with Gasteiger partial charge < -0.3 is 15.5 Å². The van der Waals surface area contributed by atoms with Gasteiger partial charge in [0.15, 0.2) is 0 Å². The third-order valence-electron chi connectivity index (χ3n) is 4.85. The van der Waals surface area contributed by atoms with Gasteiger partial charge in [-0.15, -0.1) is 0 Å². The molecule has 1 saturated carbocycles. The maximum atomic E-state index is 12.5. The molecule has 4 atom stereocenters. The molecule has 3 rings (SSSR count). The molecule has 3 N–H and O–H groups in total. The normalized spacial score (nSPS) is 25.4. The zero-order chi connectivity index (χ0) is 18.0. The Morgan fingerprint density at radius 3 is 2.48 bits per heavy atom. The van der Waals surface area contributed by atoms with Gasteiger partial charge in [-0.05, 0) is 48.7 Å². The minimum Gasteiger partial charge on any atom is -0.390 e. The van der Waals surface area contributed by atoms with Crippen LogP contribution in [0, 0.1) is 18.3 Å². The van der Waals surface area contributed by atoms with Gasteiger partial charge >= 0.3 is 0 Å². The molecule has 25 heavy (non-hydrogen) atoms. The lowest BCUT2D eigenvalue weighted by atomic mass is 9.90. The Morgan fingerprint density at radius 2 is 1.84 bits per heavy atom. The molecule has 1 aliphatic rings. The Hall–Kier alpha value is -2.68. The Kier molecular flexibility index (Phi) is 4.84. The topological polar surface area (TPSA) is 93.3 Å². The first-order chi connectivity index (χ1) is 12.0. The van der Waals surface area contributed by atoms with Crippen LogP contribution in [0.2, 0.25) is 0 Å². The Labute approximate surface area is 146 Å². The van der Waals surface area contributed by atoms with E-state index in [1.165, 1.54) is 0 Å². The van der Waals surface area contributed by atoms with Crippen molar-refractivity contribution in [1.29, 1.82) is 5.26 Å². The average Bonchev–Trinajstić information content (AvgIpc) is 2.90. The second-order valence-corrected chi connectivity index (χ2v) is 6.45. The van der Waals surface area contributed by atoms with E-state index in [1.54, 1.807) is 24.3 Å². The van der Waals surface area contributed by atoms with E-state index in [4.69, 9.17) is 5.26 Å². The smallest absolute Gasteiger partial charge is 0.251 e. The second kappa shape index (κ2) is 7.06. The molecule has 1 amide bonds. The van der Waals surface area contributed by atoms with Crippen LogP contribution in [0.5, 0.6) is 0 Å². The summed E-state index contributed by atoms with van der Waals surface area (Å²) in [5.74, 6) is -0.491. The van der Waals surface area contributed by atoms with E-state index in [0.717, 1.165) is 11.1 Å². The number of carbonyl (C=O) groups is 1. The van der Waals surface area contributed by atoms with Gasteiger partial charge in [0.1, 0.15) is 6.10 Å². The lowest BCUT2D eigenvalue weighted by molar-refractivity contribution is 0.0294. The molecule has 0 spiro atoms. The summed E-state index contributed by atoms with van der Waals surface area (Å²) in [6.07, 6.45) is -1.51. The van der Waals surface area contributed by atoms with Crippen molar-refractivity contribution in [2.75, 3.05) is 0 Å². The number of carbonyl (C=O) groups excluding carboxylic acids is 1. The summed E-state index contributed by atoms with van der Waals surface area (Å²) in [6.45, 7) is 1.98. The van der Waals surface area contributed by atoms with E-state index < -0.39 is 18.2 Å². The number of amides is 1. The fraction of sp³-hybridized carbons (Fsp3) is 0.300. The van der Waals surface area contributed by atoms with Crippen molar-refractivity contribution in [2.24, 2.45) is 0 Å². The summed E-state index contributed by atoms with van der Waals surface area (Å²) in [5.41, 5.74) is 2.97. The third-order valence-corrected chi connectivity index (χ3v) is 4.85. The highest BCUT2D eigenvalue weighted by Crippen LogP contribution is 2.36. The Balaban J connectivity index is 1.84. The number of nitrogens with one attached hydrogen (secondary N) is 1. The van der Waals surface area contributed by atoms with Crippen LogP contribution in [-0.2, 0) is 0 Å². The fourth-order valence-electron chi connectivity index (χ4n) is 3.46. The van der Waals surface area contributed by atoms with Gasteiger partial charge in [-0.2, -0.15) is 5.26 Å². The van der Waals surface area contributed by atoms with Crippen molar-refractivity contribution >= 4 is 5.91 Å². The monoisotopic (exact) mass is 336 g/mol. The van der Waals surface area contributed by atoms with E-state index in [9.17, 15) is 15.0 Å². The lowest BCUT2D eigenvalue weighted by Gasteiger charge is -2.25. The third kappa shape index (κ3) is 3.41. The van der Waals surface area contributed by atoms with Gasteiger partial charge in [-0.25, -0.2) is 0 Å². The Bertz CT molecular complexity index is 810. The van der Waals surface area contributed by atoms with Gasteiger partial charge in [0.25, 0.3) is 5.91 Å². The van der Waals surface area contributed by atoms with Crippen molar-refractivity contribution in [2.45, 2.75) is 37.5 Å². The zero-order valence-corrected chi connectivity index (χ0v) is 13.9. The zero-order valence-electron chi connectivity index (χ0n) is 13.9. The highest BCUT2D eigenvalue weighted by atomic mass is 16.3. The highest BCUT2D eigenvalue weighted by molar-refractivity contribution is 5.94. The van der Waals surface area contributed by atoms with Crippen molar-refractivity contribution in [3.05, 3.63) is 70.8 Å². The van der Waals surface area contributed by atoms with Crippen LogP contribution >= 0.6 is 0 Å². The standard InChI is InChI=1S/C20H20N2O3/c1-12-4-2-3-5-15(12)16-10-17(23)19(24)18(16)22-20(25)14-8-6-13(11-21)7-9-14/h2-9,16-19,23-24H,10H2,1H3,(H,22,25). The maximum Gasteiger partial charge on any atom is 0.251 e. The molecule has 128 valence electrons. The molecule has 2 aromatic carbocycles. The molecule has 1 aliphatic carbocycles. The lowest BCUT2D eigenvalue weighted by Crippen LogP contribution is -2.45. The fourth-order valence-corrected chi connectivity index (χ4v) is 3.46. The van der Waals surface area contributed by atoms with Gasteiger partial charge in [0, 0.05) is 11.5 Å². The number of aliphatic hydroxyl groups is 2. The molecule has 1 fully saturated rings. The first-order valence-corrected chi connectivity index (χ1v) is 8.24. The molecule has 0 heterocycles. The SMILES string of the molecule is Cc1ccccc1C1CC(O)C(O)C1NC(=O)c1ccc(C#N)cc1. The largest absolute Gasteiger partial charge is 0.390 e. The highest BCUT2D eigenvalue weighted by Gasteiger charge is 2.43. The summed E-state index contributed by atoms with van der Waals surface area (Å²) in [7, 11) is 0. The first kappa shape index (κ1) is 17.2. The summed E-state index contributed by atoms with van der Waals surface area (Å²) in [4.78, 5) is 12.5. The number of rotatable bonds is 3. The summed E-state index contributed by atoms with van der Waals surface area (Å²) in [6, 6.07) is 15.5.